The number of ketones is 1. The van der Waals surface area contributed by atoms with Gasteiger partial charge in [-0.15, -0.1) is 0 Å². The van der Waals surface area contributed by atoms with Crippen molar-refractivity contribution >= 4 is 16.7 Å². The predicted molar refractivity (Wildman–Crippen MR) is 90.1 cm³/mol. The van der Waals surface area contributed by atoms with Gasteiger partial charge >= 0.3 is 0 Å². The van der Waals surface area contributed by atoms with Gasteiger partial charge in [-0.1, -0.05) is 20.8 Å². The number of hydrogen-bond acceptors (Lipinski definition) is 3. The van der Waals surface area contributed by atoms with Crippen molar-refractivity contribution in [1.82, 2.24) is 0 Å². The Bertz CT molecular complexity index is 470. The zero-order valence-electron chi connectivity index (χ0n) is 13.4. The molecule has 118 valence electrons. The topological polar surface area (TPSA) is 35.5 Å². The first-order valence-corrected chi connectivity index (χ1v) is 9.21. The third-order valence-electron chi connectivity index (χ3n) is 3.85. The van der Waals surface area contributed by atoms with Crippen molar-refractivity contribution in [2.24, 2.45) is 5.41 Å². The van der Waals surface area contributed by atoms with Gasteiger partial charge in [-0.3, -0.25) is 4.79 Å². The molecule has 1 atom stereocenters. The maximum absolute atomic E-state index is 13.0. The molecule has 1 saturated heterocycles. The van der Waals surface area contributed by atoms with E-state index in [1.54, 1.807) is 7.11 Å². The number of thiol groups is 1. The van der Waals surface area contributed by atoms with E-state index in [1.165, 1.54) is 0 Å². The van der Waals surface area contributed by atoms with Crippen molar-refractivity contribution in [3.05, 3.63) is 29.8 Å². The Labute approximate surface area is 130 Å². The molecular weight excluding hydrogens is 284 g/mol. The molecule has 1 heterocycles. The first kappa shape index (κ1) is 16.4. The molecule has 1 aromatic rings. The second-order valence-corrected chi connectivity index (χ2v) is 9.10. The third kappa shape index (κ3) is 4.01. The van der Waals surface area contributed by atoms with E-state index in [-0.39, 0.29) is 27.3 Å². The molecule has 3 nitrogen and oxygen atoms in total. The average Bonchev–Trinajstić information content (AvgIpc) is 2.47. The lowest BCUT2D eigenvalue weighted by atomic mass is 9.87. The lowest BCUT2D eigenvalue weighted by Gasteiger charge is -2.40. The van der Waals surface area contributed by atoms with Gasteiger partial charge in [-0.2, -0.15) is 0 Å². The highest BCUT2D eigenvalue weighted by molar-refractivity contribution is 8.18. The van der Waals surface area contributed by atoms with Crippen molar-refractivity contribution in [1.29, 1.82) is 0 Å². The number of benzene rings is 1. The van der Waals surface area contributed by atoms with E-state index in [4.69, 9.17) is 9.47 Å². The van der Waals surface area contributed by atoms with E-state index >= 15 is 0 Å². The number of ether oxygens (including phenoxy) is 2. The summed E-state index contributed by atoms with van der Waals surface area (Å²) in [6, 6.07) is 7.50. The average molecular weight is 310 g/mol. The summed E-state index contributed by atoms with van der Waals surface area (Å²) in [6.07, 6.45) is 0. The minimum atomic E-state index is -0.303. The highest BCUT2D eigenvalue weighted by Crippen LogP contribution is 2.44. The highest BCUT2D eigenvalue weighted by Gasteiger charge is 2.36. The Morgan fingerprint density at radius 2 is 1.76 bits per heavy atom. The van der Waals surface area contributed by atoms with Crippen LogP contribution in [0, 0.1) is 5.41 Å². The van der Waals surface area contributed by atoms with Gasteiger partial charge in [-0.05, 0) is 41.2 Å². The summed E-state index contributed by atoms with van der Waals surface area (Å²) in [7, 11) is 1.34. The fraction of sp³-hybridized carbons (Fsp3) is 0.588. The number of methoxy groups -OCH3 is 1. The molecule has 0 bridgehead atoms. The second kappa shape index (κ2) is 6.84. The lowest BCUT2D eigenvalue weighted by Crippen LogP contribution is -2.38. The van der Waals surface area contributed by atoms with Gasteiger partial charge < -0.3 is 9.47 Å². The van der Waals surface area contributed by atoms with Gasteiger partial charge in [-0.25, -0.2) is 10.9 Å². The van der Waals surface area contributed by atoms with E-state index in [2.05, 4.69) is 20.8 Å². The van der Waals surface area contributed by atoms with Crippen LogP contribution >= 0.6 is 10.9 Å². The summed E-state index contributed by atoms with van der Waals surface area (Å²) in [6.45, 7) is 8.13. The Balaban J connectivity index is 2.24. The predicted octanol–water partition coefficient (Wildman–Crippen LogP) is 3.32. The van der Waals surface area contributed by atoms with Gasteiger partial charge in [0.2, 0.25) is 0 Å². The summed E-state index contributed by atoms with van der Waals surface area (Å²) in [5.74, 6) is 3.15. The van der Waals surface area contributed by atoms with Crippen LogP contribution in [0.2, 0.25) is 0 Å². The molecule has 0 aromatic heterocycles. The molecule has 0 radical (unpaired) electrons. The second-order valence-electron chi connectivity index (χ2n) is 6.51. The van der Waals surface area contributed by atoms with E-state index in [9.17, 15) is 4.79 Å². The van der Waals surface area contributed by atoms with Gasteiger partial charge in [0.15, 0.2) is 5.78 Å². The van der Waals surface area contributed by atoms with E-state index in [0.717, 1.165) is 36.0 Å². The first-order chi connectivity index (χ1) is 9.93. The van der Waals surface area contributed by atoms with Crippen molar-refractivity contribution in [3.8, 4) is 5.75 Å². The molecule has 2 rings (SSSR count). The monoisotopic (exact) mass is 310 g/mol. The zero-order valence-corrected chi connectivity index (χ0v) is 14.3. The molecule has 4 heteroatoms. The largest absolute Gasteiger partial charge is 0.497 e. The summed E-state index contributed by atoms with van der Waals surface area (Å²) in [5.41, 5.74) is 0.782. The van der Waals surface area contributed by atoms with Gasteiger partial charge in [0.25, 0.3) is 0 Å². The van der Waals surface area contributed by atoms with E-state index < -0.39 is 0 Å². The maximum atomic E-state index is 13.0. The molecule has 21 heavy (non-hydrogen) atoms. The SMILES string of the molecule is COc1ccc(C(=O)C([SH]2CCOCC2)C(C)(C)C)cc1. The normalized spacial score (nSPS) is 19.1. The Kier molecular flexibility index (Phi) is 5.33. The summed E-state index contributed by atoms with van der Waals surface area (Å²) in [4.78, 5) is 13.0. The van der Waals surface area contributed by atoms with E-state index in [0.29, 0.717) is 0 Å². The van der Waals surface area contributed by atoms with Crippen LogP contribution in [0.3, 0.4) is 0 Å². The summed E-state index contributed by atoms with van der Waals surface area (Å²) >= 11 is 0. The fourth-order valence-corrected chi connectivity index (χ4v) is 5.90. The van der Waals surface area contributed by atoms with Crippen LogP contribution in [0.15, 0.2) is 24.3 Å². The number of carbonyl (C=O) groups excluding carboxylic acids is 1. The molecule has 0 amide bonds. The summed E-state index contributed by atoms with van der Waals surface area (Å²) < 4.78 is 10.6. The Morgan fingerprint density at radius 3 is 2.24 bits per heavy atom. The quantitative estimate of drug-likeness (QED) is 0.684. The molecule has 0 N–H and O–H groups in total. The summed E-state index contributed by atoms with van der Waals surface area (Å²) in [5, 5.41) is 0.102. The van der Waals surface area contributed by atoms with Gasteiger partial charge in [0, 0.05) is 5.56 Å². The van der Waals surface area contributed by atoms with Crippen molar-refractivity contribution < 1.29 is 14.3 Å². The van der Waals surface area contributed by atoms with Crippen LogP contribution in [0.4, 0.5) is 0 Å². The molecular formula is C17H26O3S. The molecule has 1 aliphatic rings. The molecule has 0 aliphatic carbocycles. The van der Waals surface area contributed by atoms with Gasteiger partial charge in [0.1, 0.15) is 5.75 Å². The van der Waals surface area contributed by atoms with Crippen LogP contribution in [-0.4, -0.2) is 42.9 Å². The van der Waals surface area contributed by atoms with Crippen LogP contribution in [0.5, 0.6) is 5.75 Å². The molecule has 0 spiro atoms. The number of rotatable bonds is 4. The van der Waals surface area contributed by atoms with E-state index in [1.807, 2.05) is 24.3 Å². The van der Waals surface area contributed by atoms with Crippen LogP contribution in [-0.2, 0) is 4.74 Å². The van der Waals surface area contributed by atoms with Crippen molar-refractivity contribution in [2.75, 3.05) is 31.8 Å². The molecule has 0 saturated carbocycles. The van der Waals surface area contributed by atoms with Crippen LogP contribution in [0.25, 0.3) is 0 Å². The smallest absolute Gasteiger partial charge is 0.174 e. The third-order valence-corrected chi connectivity index (χ3v) is 7.11. The molecule has 1 unspecified atom stereocenters. The molecule has 1 aromatic carbocycles. The van der Waals surface area contributed by atoms with Gasteiger partial charge in [0.05, 0.1) is 25.6 Å². The minimum absolute atomic E-state index is 0.0138. The number of carbonyl (C=O) groups is 1. The standard InChI is InChI=1S/C17H26O3S/c1-17(2,3)16(21-11-9-20-10-12-21)15(18)13-5-7-14(19-4)8-6-13/h5-8,16,21H,9-12H2,1-4H3. The van der Waals surface area contributed by atoms with Crippen LogP contribution in [0.1, 0.15) is 31.1 Å². The van der Waals surface area contributed by atoms with Crippen LogP contribution < -0.4 is 4.74 Å². The Morgan fingerprint density at radius 1 is 1.19 bits per heavy atom. The molecule has 1 fully saturated rings. The molecule has 1 aliphatic heterocycles. The van der Waals surface area contributed by atoms with Crippen molar-refractivity contribution in [3.63, 3.8) is 0 Å². The highest BCUT2D eigenvalue weighted by atomic mass is 32.2. The lowest BCUT2D eigenvalue weighted by molar-refractivity contribution is 0.0947. The Hall–Kier alpha value is -1.00. The zero-order chi connectivity index (χ0) is 15.5. The number of Topliss-reactive ketones (excluding diaryl/α,β-unsaturated/α-hetero) is 1. The minimum Gasteiger partial charge on any atom is -0.497 e. The number of hydrogen-bond donors (Lipinski definition) is 1. The first-order valence-electron chi connectivity index (χ1n) is 7.43. The fourth-order valence-electron chi connectivity index (χ4n) is 2.86. The maximum Gasteiger partial charge on any atom is 0.174 e. The van der Waals surface area contributed by atoms with Crippen molar-refractivity contribution in [2.45, 2.75) is 26.0 Å².